The van der Waals surface area contributed by atoms with Crippen molar-refractivity contribution in [2.45, 2.75) is 6.17 Å². The molecule has 3 aromatic carbocycles. The first kappa shape index (κ1) is 17.0. The van der Waals surface area contributed by atoms with Gasteiger partial charge in [0.2, 0.25) is 0 Å². The summed E-state index contributed by atoms with van der Waals surface area (Å²) < 4.78 is 10.6. The van der Waals surface area contributed by atoms with E-state index < -0.39 is 0 Å². The predicted molar refractivity (Wildman–Crippen MR) is 106 cm³/mol. The van der Waals surface area contributed by atoms with E-state index in [9.17, 15) is 4.79 Å². The fraction of sp³-hybridized carbons (Fsp3) is 0.136. The molecule has 1 heterocycles. The van der Waals surface area contributed by atoms with Gasteiger partial charge in [0.05, 0.1) is 19.8 Å². The number of amides is 1. The summed E-state index contributed by atoms with van der Waals surface area (Å²) in [5.41, 5.74) is 3.19. The minimum absolute atomic E-state index is 0.0534. The van der Waals surface area contributed by atoms with Gasteiger partial charge in [-0.15, -0.1) is 0 Å². The summed E-state index contributed by atoms with van der Waals surface area (Å²) in [6.07, 6.45) is -0.351. The van der Waals surface area contributed by atoms with Gasteiger partial charge in [0, 0.05) is 11.4 Å². The molecule has 0 bridgehead atoms. The van der Waals surface area contributed by atoms with Crippen molar-refractivity contribution < 1.29 is 14.3 Å². The summed E-state index contributed by atoms with van der Waals surface area (Å²) in [6.45, 7) is 0. The van der Waals surface area contributed by atoms with Crippen LogP contribution in [0.4, 0.5) is 11.4 Å². The Kier molecular flexibility index (Phi) is 4.42. The molecule has 1 amide bonds. The molecule has 3 aromatic rings. The van der Waals surface area contributed by atoms with Crippen LogP contribution in [0.2, 0.25) is 0 Å². The fourth-order valence-corrected chi connectivity index (χ4v) is 3.31. The molecular weight excluding hydrogens is 340 g/mol. The summed E-state index contributed by atoms with van der Waals surface area (Å²) in [4.78, 5) is 15.1. The first-order chi connectivity index (χ1) is 13.2. The topological polar surface area (TPSA) is 50.8 Å². The van der Waals surface area contributed by atoms with E-state index in [1.54, 1.807) is 19.1 Å². The normalized spacial score (nSPS) is 15.7. The van der Waals surface area contributed by atoms with Crippen LogP contribution in [0.25, 0.3) is 0 Å². The van der Waals surface area contributed by atoms with Crippen molar-refractivity contribution in [3.63, 3.8) is 0 Å². The molecule has 0 radical (unpaired) electrons. The Hall–Kier alpha value is -3.47. The SMILES string of the molecule is COc1ccc(N2C(=O)c3ccccc3NC2c2cccc(OC)c2)cc1. The van der Waals surface area contributed by atoms with E-state index in [0.717, 1.165) is 28.4 Å². The van der Waals surface area contributed by atoms with E-state index in [1.165, 1.54) is 0 Å². The Morgan fingerprint density at radius 3 is 2.33 bits per heavy atom. The van der Waals surface area contributed by atoms with Gasteiger partial charge in [-0.1, -0.05) is 24.3 Å². The van der Waals surface area contributed by atoms with Crippen LogP contribution >= 0.6 is 0 Å². The number of para-hydroxylation sites is 1. The monoisotopic (exact) mass is 360 g/mol. The van der Waals surface area contributed by atoms with Crippen molar-refractivity contribution in [3.8, 4) is 11.5 Å². The van der Waals surface area contributed by atoms with E-state index >= 15 is 0 Å². The highest BCUT2D eigenvalue weighted by Gasteiger charge is 2.34. The summed E-state index contributed by atoms with van der Waals surface area (Å²) in [6, 6.07) is 22.8. The van der Waals surface area contributed by atoms with Crippen LogP contribution < -0.4 is 19.7 Å². The molecule has 1 aliphatic rings. The van der Waals surface area contributed by atoms with Gasteiger partial charge in [0.15, 0.2) is 0 Å². The number of fused-ring (bicyclic) bond motifs is 1. The molecule has 1 unspecified atom stereocenters. The molecule has 0 aromatic heterocycles. The van der Waals surface area contributed by atoms with Crippen molar-refractivity contribution in [3.05, 3.63) is 83.9 Å². The molecule has 0 aliphatic carbocycles. The maximum absolute atomic E-state index is 13.3. The summed E-state index contributed by atoms with van der Waals surface area (Å²) in [5, 5.41) is 3.49. The molecule has 5 nitrogen and oxygen atoms in total. The Morgan fingerprint density at radius 1 is 0.852 bits per heavy atom. The van der Waals surface area contributed by atoms with Gasteiger partial charge in [-0.2, -0.15) is 0 Å². The third kappa shape index (κ3) is 3.08. The van der Waals surface area contributed by atoms with Crippen molar-refractivity contribution in [2.24, 2.45) is 0 Å². The van der Waals surface area contributed by atoms with E-state index in [0.29, 0.717) is 5.56 Å². The Balaban J connectivity index is 1.83. The smallest absolute Gasteiger partial charge is 0.262 e. The lowest BCUT2D eigenvalue weighted by atomic mass is 10.0. The lowest BCUT2D eigenvalue weighted by Crippen LogP contribution is -2.43. The lowest BCUT2D eigenvalue weighted by Gasteiger charge is -2.38. The number of nitrogens with one attached hydrogen (secondary N) is 1. The van der Waals surface area contributed by atoms with Crippen LogP contribution in [0.5, 0.6) is 11.5 Å². The van der Waals surface area contributed by atoms with Crippen molar-refractivity contribution in [1.82, 2.24) is 0 Å². The largest absolute Gasteiger partial charge is 0.497 e. The minimum Gasteiger partial charge on any atom is -0.497 e. The summed E-state index contributed by atoms with van der Waals surface area (Å²) in [7, 11) is 3.26. The highest BCUT2D eigenvalue weighted by atomic mass is 16.5. The summed E-state index contributed by atoms with van der Waals surface area (Å²) in [5.74, 6) is 1.44. The molecule has 1 N–H and O–H groups in total. The molecule has 0 spiro atoms. The number of hydrogen-bond acceptors (Lipinski definition) is 4. The number of carbonyl (C=O) groups is 1. The van der Waals surface area contributed by atoms with Crippen molar-refractivity contribution in [1.29, 1.82) is 0 Å². The molecular formula is C22H20N2O3. The lowest BCUT2D eigenvalue weighted by molar-refractivity contribution is 0.0975. The molecule has 27 heavy (non-hydrogen) atoms. The zero-order valence-corrected chi connectivity index (χ0v) is 15.2. The Morgan fingerprint density at radius 2 is 1.59 bits per heavy atom. The van der Waals surface area contributed by atoms with E-state index in [-0.39, 0.29) is 12.1 Å². The Labute approximate surface area is 158 Å². The number of carbonyl (C=O) groups excluding carboxylic acids is 1. The van der Waals surface area contributed by atoms with Crippen LogP contribution in [0, 0.1) is 0 Å². The predicted octanol–water partition coefficient (Wildman–Crippen LogP) is 4.47. The molecule has 5 heteroatoms. The number of rotatable bonds is 4. The molecule has 0 saturated heterocycles. The molecule has 1 aliphatic heterocycles. The number of ether oxygens (including phenoxy) is 2. The molecule has 0 saturated carbocycles. The van der Waals surface area contributed by atoms with Crippen LogP contribution in [0.1, 0.15) is 22.1 Å². The van der Waals surface area contributed by atoms with Crippen molar-refractivity contribution >= 4 is 17.3 Å². The van der Waals surface area contributed by atoms with Crippen LogP contribution in [-0.2, 0) is 0 Å². The minimum atomic E-state index is -0.351. The van der Waals surface area contributed by atoms with Gasteiger partial charge in [-0.05, 0) is 54.1 Å². The van der Waals surface area contributed by atoms with E-state index in [4.69, 9.17) is 9.47 Å². The Bertz CT molecular complexity index is 969. The number of methoxy groups -OCH3 is 2. The second-order valence-corrected chi connectivity index (χ2v) is 6.24. The maximum atomic E-state index is 13.3. The highest BCUT2D eigenvalue weighted by molar-refractivity contribution is 6.12. The molecule has 4 rings (SSSR count). The number of hydrogen-bond donors (Lipinski definition) is 1. The number of benzene rings is 3. The number of nitrogens with zero attached hydrogens (tertiary/aromatic N) is 1. The standard InChI is InChI=1S/C22H20N2O3/c1-26-17-12-10-16(11-13-17)24-21(15-6-5-7-18(14-15)27-2)23-20-9-4-3-8-19(20)22(24)25/h3-14,21,23H,1-2H3. The van der Waals surface area contributed by atoms with Crippen LogP contribution in [0.3, 0.4) is 0 Å². The second-order valence-electron chi connectivity index (χ2n) is 6.24. The zero-order valence-electron chi connectivity index (χ0n) is 15.2. The first-order valence-corrected chi connectivity index (χ1v) is 8.68. The second kappa shape index (κ2) is 7.03. The third-order valence-corrected chi connectivity index (χ3v) is 4.69. The van der Waals surface area contributed by atoms with Crippen LogP contribution in [-0.4, -0.2) is 20.1 Å². The van der Waals surface area contributed by atoms with Gasteiger partial charge < -0.3 is 14.8 Å². The van der Waals surface area contributed by atoms with Gasteiger partial charge in [0.1, 0.15) is 17.7 Å². The average molecular weight is 360 g/mol. The van der Waals surface area contributed by atoms with Gasteiger partial charge in [0.25, 0.3) is 5.91 Å². The molecule has 0 fully saturated rings. The van der Waals surface area contributed by atoms with Gasteiger partial charge in [-0.3, -0.25) is 9.69 Å². The third-order valence-electron chi connectivity index (χ3n) is 4.69. The van der Waals surface area contributed by atoms with Gasteiger partial charge >= 0.3 is 0 Å². The zero-order chi connectivity index (χ0) is 18.8. The highest BCUT2D eigenvalue weighted by Crippen LogP contribution is 2.37. The number of anilines is 2. The van der Waals surface area contributed by atoms with E-state index in [2.05, 4.69) is 5.32 Å². The van der Waals surface area contributed by atoms with Crippen molar-refractivity contribution in [2.75, 3.05) is 24.4 Å². The molecule has 1 atom stereocenters. The maximum Gasteiger partial charge on any atom is 0.262 e. The molecule has 136 valence electrons. The fourth-order valence-electron chi connectivity index (χ4n) is 3.31. The van der Waals surface area contributed by atoms with Gasteiger partial charge in [-0.25, -0.2) is 0 Å². The first-order valence-electron chi connectivity index (χ1n) is 8.68. The van der Waals surface area contributed by atoms with Crippen LogP contribution in [0.15, 0.2) is 72.8 Å². The average Bonchev–Trinajstić information content (AvgIpc) is 2.74. The quantitative estimate of drug-likeness (QED) is 0.746. The summed E-state index contributed by atoms with van der Waals surface area (Å²) >= 11 is 0. The van der Waals surface area contributed by atoms with E-state index in [1.807, 2.05) is 72.8 Å².